The van der Waals surface area contributed by atoms with Gasteiger partial charge in [-0.3, -0.25) is 4.79 Å². The zero-order chi connectivity index (χ0) is 16.2. The molecule has 0 saturated heterocycles. The van der Waals surface area contributed by atoms with Crippen LogP contribution in [0.25, 0.3) is 0 Å². The summed E-state index contributed by atoms with van der Waals surface area (Å²) in [5, 5.41) is 6.89. The van der Waals surface area contributed by atoms with E-state index in [0.29, 0.717) is 6.07 Å². The lowest BCUT2D eigenvalue weighted by atomic mass is 10.2. The highest BCUT2D eigenvalue weighted by Gasteiger charge is 2.19. The minimum atomic E-state index is -4.14. The van der Waals surface area contributed by atoms with Crippen LogP contribution < -0.4 is 10.5 Å². The number of rotatable bonds is 6. The third kappa shape index (κ3) is 5.24. The standard InChI is InChI=1S/C12H16ClFN2O4S/c1-7(2)20-4-3-16-12(17)9-5-8(21(15,18)19)6-10(14)11(9)13/h5-7H,3-4H2,1-2H3,(H,16,17)(H2,15,18,19). The van der Waals surface area contributed by atoms with Crippen molar-refractivity contribution in [1.82, 2.24) is 5.32 Å². The third-order valence-corrected chi connectivity index (χ3v) is 3.69. The number of nitrogens with one attached hydrogen (secondary N) is 1. The number of nitrogens with two attached hydrogens (primary N) is 1. The number of carbonyl (C=O) groups is 1. The van der Waals surface area contributed by atoms with E-state index in [4.69, 9.17) is 21.5 Å². The van der Waals surface area contributed by atoms with Crippen LogP contribution >= 0.6 is 11.6 Å². The van der Waals surface area contributed by atoms with Crippen LogP contribution in [0.15, 0.2) is 17.0 Å². The molecule has 0 fully saturated rings. The fraction of sp³-hybridized carbons (Fsp3) is 0.417. The summed E-state index contributed by atoms with van der Waals surface area (Å²) in [5.74, 6) is -1.75. The van der Waals surface area contributed by atoms with Gasteiger partial charge < -0.3 is 10.1 Å². The summed E-state index contributed by atoms with van der Waals surface area (Å²) < 4.78 is 41.2. The Balaban J connectivity index is 2.91. The highest BCUT2D eigenvalue weighted by molar-refractivity contribution is 7.89. The molecule has 0 saturated carbocycles. The number of ether oxygens (including phenoxy) is 1. The van der Waals surface area contributed by atoms with E-state index in [1.165, 1.54) is 0 Å². The summed E-state index contributed by atoms with van der Waals surface area (Å²) in [5.41, 5.74) is -0.301. The number of benzene rings is 1. The number of sulfonamides is 1. The number of hydrogen-bond donors (Lipinski definition) is 2. The van der Waals surface area contributed by atoms with Crippen LogP contribution in [0.4, 0.5) is 4.39 Å². The molecule has 21 heavy (non-hydrogen) atoms. The summed E-state index contributed by atoms with van der Waals surface area (Å²) in [4.78, 5) is 11.4. The smallest absolute Gasteiger partial charge is 0.253 e. The van der Waals surface area contributed by atoms with Crippen LogP contribution in [-0.2, 0) is 14.8 Å². The van der Waals surface area contributed by atoms with Crippen molar-refractivity contribution >= 4 is 27.5 Å². The van der Waals surface area contributed by atoms with E-state index >= 15 is 0 Å². The van der Waals surface area contributed by atoms with E-state index in [2.05, 4.69) is 5.32 Å². The molecule has 9 heteroatoms. The van der Waals surface area contributed by atoms with Crippen LogP contribution in [0.5, 0.6) is 0 Å². The average Bonchev–Trinajstić information content (AvgIpc) is 2.35. The van der Waals surface area contributed by atoms with Crippen molar-refractivity contribution in [3.05, 3.63) is 28.5 Å². The van der Waals surface area contributed by atoms with Gasteiger partial charge in [-0.1, -0.05) is 11.6 Å². The first kappa shape index (κ1) is 17.8. The predicted molar refractivity (Wildman–Crippen MR) is 76.2 cm³/mol. The molecular weight excluding hydrogens is 323 g/mol. The maximum atomic E-state index is 13.6. The second kappa shape index (κ2) is 7.17. The van der Waals surface area contributed by atoms with E-state index in [0.717, 1.165) is 6.07 Å². The largest absolute Gasteiger partial charge is 0.377 e. The Hall–Kier alpha value is -1.22. The quantitative estimate of drug-likeness (QED) is 0.763. The molecule has 0 bridgehead atoms. The molecule has 1 rings (SSSR count). The first-order valence-corrected chi connectivity index (χ1v) is 7.97. The first-order chi connectivity index (χ1) is 9.62. The second-order valence-electron chi connectivity index (χ2n) is 4.49. The topological polar surface area (TPSA) is 98.5 Å². The molecule has 1 amide bonds. The molecule has 118 valence electrons. The molecule has 0 unspecified atom stereocenters. The van der Waals surface area contributed by atoms with E-state index in [-0.39, 0.29) is 24.8 Å². The Bertz CT molecular complexity index is 634. The van der Waals surface area contributed by atoms with Gasteiger partial charge in [-0.2, -0.15) is 0 Å². The Morgan fingerprint density at radius 2 is 2.10 bits per heavy atom. The molecule has 0 aliphatic heterocycles. The van der Waals surface area contributed by atoms with Crippen LogP contribution in [0.3, 0.4) is 0 Å². The molecule has 6 nitrogen and oxygen atoms in total. The molecular formula is C12H16ClFN2O4S. The van der Waals surface area contributed by atoms with Crippen LogP contribution in [0, 0.1) is 5.82 Å². The Morgan fingerprint density at radius 1 is 1.48 bits per heavy atom. The van der Waals surface area contributed by atoms with Crippen LogP contribution in [-0.4, -0.2) is 33.6 Å². The van der Waals surface area contributed by atoms with Crippen molar-refractivity contribution < 1.29 is 22.3 Å². The van der Waals surface area contributed by atoms with Gasteiger partial charge in [-0.25, -0.2) is 17.9 Å². The number of halogens is 2. The molecule has 1 aromatic rings. The molecule has 0 heterocycles. The molecule has 0 aliphatic carbocycles. The SMILES string of the molecule is CC(C)OCCNC(=O)c1cc(S(N)(=O)=O)cc(F)c1Cl. The van der Waals surface area contributed by atoms with Crippen molar-refractivity contribution in [2.24, 2.45) is 5.14 Å². The molecule has 1 aromatic carbocycles. The maximum absolute atomic E-state index is 13.6. The summed E-state index contributed by atoms with van der Waals surface area (Å²) in [6.45, 7) is 4.11. The monoisotopic (exact) mass is 338 g/mol. The van der Waals surface area contributed by atoms with E-state index < -0.39 is 31.7 Å². The van der Waals surface area contributed by atoms with Crippen molar-refractivity contribution in [2.45, 2.75) is 24.8 Å². The number of carbonyl (C=O) groups excluding carboxylic acids is 1. The normalized spacial score (nSPS) is 11.7. The first-order valence-electron chi connectivity index (χ1n) is 6.04. The number of amides is 1. The van der Waals surface area contributed by atoms with Crippen LogP contribution in [0.2, 0.25) is 5.02 Å². The lowest BCUT2D eigenvalue weighted by Gasteiger charge is -2.10. The van der Waals surface area contributed by atoms with Crippen molar-refractivity contribution in [3.8, 4) is 0 Å². The minimum Gasteiger partial charge on any atom is -0.377 e. The molecule has 0 atom stereocenters. The van der Waals surface area contributed by atoms with E-state index in [9.17, 15) is 17.6 Å². The molecule has 0 radical (unpaired) electrons. The van der Waals surface area contributed by atoms with Gasteiger partial charge in [-0.05, 0) is 26.0 Å². The Labute approximate surface area is 127 Å². The van der Waals surface area contributed by atoms with Gasteiger partial charge in [0.2, 0.25) is 10.0 Å². The number of primary sulfonamides is 1. The van der Waals surface area contributed by atoms with Gasteiger partial charge in [-0.15, -0.1) is 0 Å². The van der Waals surface area contributed by atoms with Crippen LogP contribution in [0.1, 0.15) is 24.2 Å². The second-order valence-corrected chi connectivity index (χ2v) is 6.43. The molecule has 0 aromatic heterocycles. The van der Waals surface area contributed by atoms with Crippen molar-refractivity contribution in [2.75, 3.05) is 13.2 Å². The maximum Gasteiger partial charge on any atom is 0.253 e. The third-order valence-electron chi connectivity index (χ3n) is 2.41. The Morgan fingerprint density at radius 3 is 2.62 bits per heavy atom. The zero-order valence-corrected chi connectivity index (χ0v) is 13.1. The van der Waals surface area contributed by atoms with Gasteiger partial charge in [0.05, 0.1) is 28.2 Å². The zero-order valence-electron chi connectivity index (χ0n) is 11.5. The van der Waals surface area contributed by atoms with Gasteiger partial charge in [0.25, 0.3) is 5.91 Å². The van der Waals surface area contributed by atoms with E-state index in [1.807, 2.05) is 13.8 Å². The lowest BCUT2D eigenvalue weighted by Crippen LogP contribution is -2.28. The summed E-state index contributed by atoms with van der Waals surface area (Å²) in [7, 11) is -4.14. The summed E-state index contributed by atoms with van der Waals surface area (Å²) in [6.07, 6.45) is 0.00801. The molecule has 0 aliphatic rings. The predicted octanol–water partition coefficient (Wildman–Crippen LogP) is 1.28. The van der Waals surface area contributed by atoms with Gasteiger partial charge in [0.15, 0.2) is 0 Å². The fourth-order valence-corrected chi connectivity index (χ4v) is 2.19. The molecule has 3 N–H and O–H groups in total. The fourth-order valence-electron chi connectivity index (χ4n) is 1.45. The highest BCUT2D eigenvalue weighted by Crippen LogP contribution is 2.23. The summed E-state index contributed by atoms with van der Waals surface area (Å²) >= 11 is 5.67. The van der Waals surface area contributed by atoms with Crippen molar-refractivity contribution in [3.63, 3.8) is 0 Å². The highest BCUT2D eigenvalue weighted by atomic mass is 35.5. The average molecular weight is 339 g/mol. The number of hydrogen-bond acceptors (Lipinski definition) is 4. The van der Waals surface area contributed by atoms with Gasteiger partial charge in [0.1, 0.15) is 5.82 Å². The lowest BCUT2D eigenvalue weighted by molar-refractivity contribution is 0.0746. The van der Waals surface area contributed by atoms with E-state index in [1.54, 1.807) is 0 Å². The minimum absolute atomic E-state index is 0.00801. The van der Waals surface area contributed by atoms with Gasteiger partial charge >= 0.3 is 0 Å². The van der Waals surface area contributed by atoms with Gasteiger partial charge in [0, 0.05) is 6.54 Å². The Kier molecular flexibility index (Phi) is 6.09. The molecule has 0 spiro atoms. The summed E-state index contributed by atoms with van der Waals surface area (Å²) in [6, 6.07) is 1.59. The van der Waals surface area contributed by atoms with Crippen molar-refractivity contribution in [1.29, 1.82) is 0 Å².